The van der Waals surface area contributed by atoms with Crippen molar-refractivity contribution in [1.82, 2.24) is 15.1 Å². The number of anilines is 1. The summed E-state index contributed by atoms with van der Waals surface area (Å²) in [6.45, 7) is 11.6. The first kappa shape index (κ1) is 29.1. The Kier molecular flexibility index (Phi) is 8.48. The molecule has 10 nitrogen and oxygen atoms in total. The first-order valence-corrected chi connectivity index (χ1v) is 14.4. The highest BCUT2D eigenvalue weighted by Gasteiger charge is 2.25. The van der Waals surface area contributed by atoms with Crippen molar-refractivity contribution in [3.8, 4) is 22.4 Å². The lowest BCUT2D eigenvalue weighted by atomic mass is 9.95. The number of hydrogen-bond acceptors (Lipinski definition) is 9. The summed E-state index contributed by atoms with van der Waals surface area (Å²) in [7, 11) is -4.16. The molecule has 2 heterocycles. The van der Waals surface area contributed by atoms with E-state index in [4.69, 9.17) is 14.4 Å². The molecule has 0 saturated carbocycles. The van der Waals surface area contributed by atoms with Crippen molar-refractivity contribution in [2.24, 2.45) is 5.14 Å². The van der Waals surface area contributed by atoms with Crippen LogP contribution in [0.2, 0.25) is 0 Å². The summed E-state index contributed by atoms with van der Waals surface area (Å²) in [5.41, 5.74) is 5.36. The summed E-state index contributed by atoms with van der Waals surface area (Å²) >= 11 is 0. The van der Waals surface area contributed by atoms with Gasteiger partial charge < -0.3 is 14.6 Å². The van der Waals surface area contributed by atoms with E-state index in [0.29, 0.717) is 64.2 Å². The monoisotopic (exact) mass is 563 g/mol. The van der Waals surface area contributed by atoms with Crippen LogP contribution < -0.4 is 10.5 Å². The number of hydrogen-bond donors (Lipinski definition) is 2. The van der Waals surface area contributed by atoms with Gasteiger partial charge in [-0.1, -0.05) is 41.6 Å². The molecular weight excluding hydrogens is 530 g/mol. The Hall–Kier alpha value is -3.93. The summed E-state index contributed by atoms with van der Waals surface area (Å²) < 4.78 is 37.0. The van der Waals surface area contributed by atoms with Crippen molar-refractivity contribution in [2.75, 3.05) is 11.9 Å². The van der Waals surface area contributed by atoms with Gasteiger partial charge in [0.1, 0.15) is 23.1 Å². The number of carbonyl (C=O) groups excluding carboxylic acids is 1. The van der Waals surface area contributed by atoms with Crippen LogP contribution in [-0.4, -0.2) is 35.9 Å². The van der Waals surface area contributed by atoms with Gasteiger partial charge in [-0.2, -0.15) is 0 Å². The molecule has 11 heteroatoms. The summed E-state index contributed by atoms with van der Waals surface area (Å²) in [6.07, 6.45) is 0. The summed E-state index contributed by atoms with van der Waals surface area (Å²) in [5, 5.41) is 13.1. The zero-order chi connectivity index (χ0) is 29.2. The Morgan fingerprint density at radius 3 is 2.40 bits per heavy atom. The van der Waals surface area contributed by atoms with Gasteiger partial charge in [0.25, 0.3) is 0 Å². The van der Waals surface area contributed by atoms with Crippen LogP contribution in [0.3, 0.4) is 0 Å². The largest absolute Gasteiger partial charge is 0.377 e. The van der Waals surface area contributed by atoms with Crippen LogP contribution in [0, 0.1) is 27.7 Å². The third kappa shape index (κ3) is 5.96. The number of nitrogens with zero attached hydrogens (tertiary/aromatic N) is 3. The van der Waals surface area contributed by atoms with E-state index in [-0.39, 0.29) is 17.3 Å². The molecule has 0 aliphatic rings. The lowest BCUT2D eigenvalue weighted by Crippen LogP contribution is -2.15. The van der Waals surface area contributed by atoms with Gasteiger partial charge in [-0.25, -0.2) is 23.5 Å². The second-order valence-electron chi connectivity index (χ2n) is 9.56. The lowest BCUT2D eigenvalue weighted by molar-refractivity contribution is 0.101. The topological polar surface area (TPSA) is 150 Å². The third-order valence-corrected chi connectivity index (χ3v) is 7.66. The Morgan fingerprint density at radius 2 is 1.77 bits per heavy atom. The van der Waals surface area contributed by atoms with Crippen molar-refractivity contribution in [2.45, 2.75) is 59.6 Å². The van der Waals surface area contributed by atoms with Crippen LogP contribution in [-0.2, 0) is 27.9 Å². The number of sulfonamides is 1. The molecule has 0 aliphatic heterocycles. The Bertz CT molecular complexity index is 1700. The molecule has 2 aromatic carbocycles. The maximum atomic E-state index is 13.0. The average Bonchev–Trinajstić information content (AvgIpc) is 3.22. The lowest BCUT2D eigenvalue weighted by Gasteiger charge is -2.17. The van der Waals surface area contributed by atoms with Crippen LogP contribution in [0.4, 0.5) is 5.82 Å². The maximum absolute atomic E-state index is 13.0. The minimum atomic E-state index is -4.16. The van der Waals surface area contributed by atoms with Gasteiger partial charge in [-0.15, -0.1) is 0 Å². The molecule has 4 aromatic rings. The van der Waals surface area contributed by atoms with Gasteiger partial charge in [-0.05, 0) is 58.2 Å². The number of rotatable bonds is 10. The molecule has 0 unspecified atom stereocenters. The van der Waals surface area contributed by atoms with E-state index in [0.717, 1.165) is 16.7 Å². The van der Waals surface area contributed by atoms with E-state index in [1.165, 1.54) is 6.92 Å². The normalized spacial score (nSPS) is 11.6. The van der Waals surface area contributed by atoms with Gasteiger partial charge in [0, 0.05) is 29.8 Å². The highest BCUT2D eigenvalue weighted by Crippen LogP contribution is 2.38. The van der Waals surface area contributed by atoms with Crippen LogP contribution in [0.25, 0.3) is 22.4 Å². The number of primary sulfonamides is 1. The van der Waals surface area contributed by atoms with Crippen molar-refractivity contribution in [3.63, 3.8) is 0 Å². The molecule has 0 fully saturated rings. The fourth-order valence-corrected chi connectivity index (χ4v) is 5.67. The molecule has 0 aliphatic carbocycles. The van der Waals surface area contributed by atoms with Crippen molar-refractivity contribution in [1.29, 1.82) is 0 Å². The van der Waals surface area contributed by atoms with Crippen LogP contribution in [0.15, 0.2) is 45.8 Å². The standard InChI is InChI=1S/C29H33N5O5S/c1-7-38-15-22-13-21(14-31-29-26(18(4)35)17(3)32-20(6)33-29)11-12-23(22)24-9-8-10-25(28(24)40(30,36)37)27-16(2)19(5)39-34-27/h8-13H,7,14-15H2,1-6H3,(H2,30,36,37)(H,31,32,33). The Balaban J connectivity index is 1.80. The quantitative estimate of drug-likeness (QED) is 0.253. The fraction of sp³-hybridized carbons (Fsp3) is 0.310. The number of aryl methyl sites for hydroxylation is 3. The highest BCUT2D eigenvalue weighted by atomic mass is 32.2. The van der Waals surface area contributed by atoms with Gasteiger partial charge in [0.2, 0.25) is 10.0 Å². The number of carbonyl (C=O) groups is 1. The van der Waals surface area contributed by atoms with Crippen LogP contribution >= 0.6 is 0 Å². The molecule has 40 heavy (non-hydrogen) atoms. The van der Waals surface area contributed by atoms with Crippen LogP contribution in [0.1, 0.15) is 58.2 Å². The second kappa shape index (κ2) is 11.7. The first-order chi connectivity index (χ1) is 18.9. The van der Waals surface area contributed by atoms with Crippen LogP contribution in [0.5, 0.6) is 0 Å². The number of ketones is 1. The predicted molar refractivity (Wildman–Crippen MR) is 152 cm³/mol. The third-order valence-electron chi connectivity index (χ3n) is 6.65. The summed E-state index contributed by atoms with van der Waals surface area (Å²) in [4.78, 5) is 20.9. The molecule has 0 amide bonds. The van der Waals surface area contributed by atoms with E-state index >= 15 is 0 Å². The van der Waals surface area contributed by atoms with Crippen molar-refractivity contribution >= 4 is 21.6 Å². The van der Waals surface area contributed by atoms with Crippen molar-refractivity contribution < 1.29 is 22.5 Å². The minimum absolute atomic E-state index is 0.0342. The maximum Gasteiger partial charge on any atom is 0.239 e. The summed E-state index contributed by atoms with van der Waals surface area (Å²) in [6, 6.07) is 10.8. The molecule has 0 atom stereocenters. The number of Topliss-reactive ketones (excluding diaryl/α,β-unsaturated/α-hetero) is 1. The zero-order valence-corrected chi connectivity index (χ0v) is 24.3. The molecule has 0 saturated heterocycles. The van der Waals surface area contributed by atoms with E-state index in [2.05, 4.69) is 20.4 Å². The highest BCUT2D eigenvalue weighted by molar-refractivity contribution is 7.89. The molecule has 2 aromatic heterocycles. The summed E-state index contributed by atoms with van der Waals surface area (Å²) in [5.74, 6) is 1.50. The van der Waals surface area contributed by atoms with E-state index < -0.39 is 10.0 Å². The number of ether oxygens (including phenoxy) is 1. The first-order valence-electron chi connectivity index (χ1n) is 12.8. The minimum Gasteiger partial charge on any atom is -0.377 e. The number of nitrogens with one attached hydrogen (secondary N) is 1. The van der Waals surface area contributed by atoms with Gasteiger partial charge in [0.05, 0.1) is 22.8 Å². The fourth-order valence-electron chi connectivity index (χ4n) is 4.71. The number of nitrogens with two attached hydrogens (primary N) is 1. The second-order valence-corrected chi connectivity index (χ2v) is 11.1. The van der Waals surface area contributed by atoms with E-state index in [9.17, 15) is 13.2 Å². The van der Waals surface area contributed by atoms with E-state index in [1.54, 1.807) is 39.0 Å². The molecule has 4 rings (SSSR count). The Morgan fingerprint density at radius 1 is 1.05 bits per heavy atom. The molecular formula is C29H33N5O5S. The van der Waals surface area contributed by atoms with Gasteiger partial charge >= 0.3 is 0 Å². The molecule has 0 bridgehead atoms. The number of aromatic nitrogens is 3. The Labute approximate surface area is 234 Å². The molecule has 210 valence electrons. The van der Waals surface area contributed by atoms with Crippen molar-refractivity contribution in [3.05, 3.63) is 75.9 Å². The molecule has 0 spiro atoms. The zero-order valence-electron chi connectivity index (χ0n) is 23.5. The SMILES string of the molecule is CCOCc1cc(CNc2nc(C)nc(C)c2C(C)=O)ccc1-c1cccc(-c2noc(C)c2C)c1S(N)(=O)=O. The van der Waals surface area contributed by atoms with Gasteiger partial charge in [0.15, 0.2) is 5.78 Å². The smallest absolute Gasteiger partial charge is 0.239 e. The van der Waals surface area contributed by atoms with E-state index in [1.807, 2.05) is 32.0 Å². The molecule has 0 radical (unpaired) electrons. The van der Waals surface area contributed by atoms with Gasteiger partial charge in [-0.3, -0.25) is 4.79 Å². The average molecular weight is 564 g/mol. The number of benzene rings is 2. The molecule has 3 N–H and O–H groups in total. The predicted octanol–water partition coefficient (Wildman–Crippen LogP) is 5.03.